The molecule has 1 atom stereocenters. The molecule has 3 heteroatoms. The summed E-state index contributed by atoms with van der Waals surface area (Å²) in [6, 6.07) is 0. The van der Waals surface area contributed by atoms with Gasteiger partial charge in [0, 0.05) is 13.7 Å². The van der Waals surface area contributed by atoms with Crippen LogP contribution in [0.15, 0.2) is 0 Å². The minimum atomic E-state index is 0.585. The van der Waals surface area contributed by atoms with Crippen LogP contribution in [0.4, 0.5) is 0 Å². The van der Waals surface area contributed by atoms with Gasteiger partial charge in [-0.25, -0.2) is 0 Å². The van der Waals surface area contributed by atoms with Crippen LogP contribution in [-0.2, 0) is 4.74 Å². The molecule has 0 saturated heterocycles. The van der Waals surface area contributed by atoms with Gasteiger partial charge in [0.15, 0.2) is 0 Å². The summed E-state index contributed by atoms with van der Waals surface area (Å²) < 4.78 is 4.92. The quantitative estimate of drug-likeness (QED) is 0.551. The fraction of sp³-hybridized carbons (Fsp3) is 1.00. The van der Waals surface area contributed by atoms with Crippen molar-refractivity contribution in [3.05, 3.63) is 0 Å². The molecule has 0 rings (SSSR count). The summed E-state index contributed by atoms with van der Waals surface area (Å²) in [6.07, 6.45) is 0. The smallest absolute Gasteiger partial charge is 0.0587 e. The third kappa shape index (κ3) is 5.52. The topological polar surface area (TPSA) is 47.3 Å². The largest absolute Gasteiger partial charge is 0.383 e. The maximum absolute atomic E-state index is 5.62. The zero-order valence-electron chi connectivity index (χ0n) is 8.47. The average molecular weight is 174 g/mol. The number of ether oxygens (including phenoxy) is 1. The molecule has 0 aromatic rings. The monoisotopic (exact) mass is 174 g/mol. The van der Waals surface area contributed by atoms with Crippen molar-refractivity contribution >= 4 is 0 Å². The van der Waals surface area contributed by atoms with Crippen LogP contribution in [0, 0.1) is 11.8 Å². The normalized spacial score (nSPS) is 13.8. The molecule has 0 aliphatic heterocycles. The van der Waals surface area contributed by atoms with Gasteiger partial charge in [0.05, 0.1) is 6.61 Å². The Morgan fingerprint density at radius 2 is 2.08 bits per heavy atom. The molecule has 0 fully saturated rings. The second kappa shape index (κ2) is 7.53. The SMILES string of the molecule is COCCNCC(CN)C(C)C. The van der Waals surface area contributed by atoms with E-state index < -0.39 is 0 Å². The Hall–Kier alpha value is -0.120. The van der Waals surface area contributed by atoms with Crippen LogP contribution in [0.1, 0.15) is 13.8 Å². The minimum Gasteiger partial charge on any atom is -0.383 e. The number of rotatable bonds is 7. The van der Waals surface area contributed by atoms with E-state index in [1.165, 1.54) is 0 Å². The van der Waals surface area contributed by atoms with Crippen molar-refractivity contribution < 1.29 is 4.74 Å². The standard InChI is InChI=1S/C9H22N2O/c1-8(2)9(6-10)7-11-4-5-12-3/h8-9,11H,4-7,10H2,1-3H3. The van der Waals surface area contributed by atoms with E-state index in [-0.39, 0.29) is 0 Å². The van der Waals surface area contributed by atoms with E-state index in [0.717, 1.165) is 26.2 Å². The first-order valence-corrected chi connectivity index (χ1v) is 4.62. The van der Waals surface area contributed by atoms with E-state index in [1.54, 1.807) is 7.11 Å². The van der Waals surface area contributed by atoms with Gasteiger partial charge in [-0.05, 0) is 24.9 Å². The molecular weight excluding hydrogens is 152 g/mol. The summed E-state index contributed by atoms with van der Waals surface area (Å²) in [5.41, 5.74) is 5.62. The summed E-state index contributed by atoms with van der Waals surface area (Å²) >= 11 is 0. The Morgan fingerprint density at radius 1 is 1.42 bits per heavy atom. The first-order valence-electron chi connectivity index (χ1n) is 4.62. The molecule has 0 aromatic carbocycles. The molecule has 0 bridgehead atoms. The molecule has 3 nitrogen and oxygen atoms in total. The Kier molecular flexibility index (Phi) is 7.45. The molecular formula is C9H22N2O. The lowest BCUT2D eigenvalue weighted by molar-refractivity contribution is 0.196. The molecule has 12 heavy (non-hydrogen) atoms. The van der Waals surface area contributed by atoms with Crippen molar-refractivity contribution in [2.75, 3.05) is 33.4 Å². The van der Waals surface area contributed by atoms with Gasteiger partial charge >= 0.3 is 0 Å². The van der Waals surface area contributed by atoms with E-state index in [4.69, 9.17) is 10.5 Å². The second-order valence-corrected chi connectivity index (χ2v) is 3.44. The minimum absolute atomic E-state index is 0.585. The molecule has 0 heterocycles. The molecule has 0 radical (unpaired) electrons. The number of hydrogen-bond acceptors (Lipinski definition) is 3. The lowest BCUT2D eigenvalue weighted by atomic mass is 9.96. The third-order valence-electron chi connectivity index (χ3n) is 2.14. The number of methoxy groups -OCH3 is 1. The van der Waals surface area contributed by atoms with Crippen molar-refractivity contribution in [2.45, 2.75) is 13.8 Å². The highest BCUT2D eigenvalue weighted by atomic mass is 16.5. The predicted molar refractivity (Wildman–Crippen MR) is 52.1 cm³/mol. The van der Waals surface area contributed by atoms with Gasteiger partial charge in [0.2, 0.25) is 0 Å². The van der Waals surface area contributed by atoms with Crippen molar-refractivity contribution in [2.24, 2.45) is 17.6 Å². The van der Waals surface area contributed by atoms with Crippen LogP contribution in [0.2, 0.25) is 0 Å². The molecule has 0 spiro atoms. The first kappa shape index (κ1) is 11.9. The van der Waals surface area contributed by atoms with Gasteiger partial charge < -0.3 is 15.8 Å². The van der Waals surface area contributed by atoms with Gasteiger partial charge in [-0.15, -0.1) is 0 Å². The zero-order valence-corrected chi connectivity index (χ0v) is 8.47. The molecule has 0 aliphatic rings. The fourth-order valence-electron chi connectivity index (χ4n) is 1.05. The molecule has 74 valence electrons. The molecule has 1 unspecified atom stereocenters. The van der Waals surface area contributed by atoms with Crippen molar-refractivity contribution in [3.8, 4) is 0 Å². The second-order valence-electron chi connectivity index (χ2n) is 3.44. The van der Waals surface area contributed by atoms with E-state index in [9.17, 15) is 0 Å². The average Bonchev–Trinajstić information content (AvgIpc) is 2.04. The van der Waals surface area contributed by atoms with Crippen LogP contribution in [0.25, 0.3) is 0 Å². The Morgan fingerprint density at radius 3 is 2.50 bits per heavy atom. The summed E-state index contributed by atoms with van der Waals surface area (Å²) in [5.74, 6) is 1.24. The molecule has 0 saturated carbocycles. The van der Waals surface area contributed by atoms with Gasteiger partial charge in [-0.1, -0.05) is 13.8 Å². The van der Waals surface area contributed by atoms with Crippen LogP contribution in [0.3, 0.4) is 0 Å². The highest BCUT2D eigenvalue weighted by molar-refractivity contribution is 4.66. The van der Waals surface area contributed by atoms with Crippen molar-refractivity contribution in [1.82, 2.24) is 5.32 Å². The zero-order chi connectivity index (χ0) is 9.40. The molecule has 0 amide bonds. The number of hydrogen-bond donors (Lipinski definition) is 2. The lowest BCUT2D eigenvalue weighted by Crippen LogP contribution is -2.33. The summed E-state index contributed by atoms with van der Waals surface area (Å²) in [5, 5.41) is 3.31. The molecule has 0 aliphatic carbocycles. The highest BCUT2D eigenvalue weighted by Crippen LogP contribution is 2.06. The lowest BCUT2D eigenvalue weighted by Gasteiger charge is -2.18. The maximum atomic E-state index is 5.62. The van der Waals surface area contributed by atoms with Crippen LogP contribution in [-0.4, -0.2) is 33.4 Å². The van der Waals surface area contributed by atoms with E-state index in [1.807, 2.05) is 0 Å². The van der Waals surface area contributed by atoms with Gasteiger partial charge in [-0.2, -0.15) is 0 Å². The van der Waals surface area contributed by atoms with Crippen LogP contribution >= 0.6 is 0 Å². The van der Waals surface area contributed by atoms with Gasteiger partial charge in [0.25, 0.3) is 0 Å². The van der Waals surface area contributed by atoms with Gasteiger partial charge in [-0.3, -0.25) is 0 Å². The number of nitrogens with one attached hydrogen (secondary N) is 1. The first-order chi connectivity index (χ1) is 5.72. The van der Waals surface area contributed by atoms with Crippen molar-refractivity contribution in [1.29, 1.82) is 0 Å². The maximum Gasteiger partial charge on any atom is 0.0587 e. The Labute approximate surface area is 75.7 Å². The molecule has 0 aromatic heterocycles. The predicted octanol–water partition coefficient (Wildman–Crippen LogP) is 0.453. The van der Waals surface area contributed by atoms with Crippen LogP contribution in [0.5, 0.6) is 0 Å². The number of nitrogens with two attached hydrogens (primary N) is 1. The Balaban J connectivity index is 3.32. The highest BCUT2D eigenvalue weighted by Gasteiger charge is 2.09. The molecule has 3 N–H and O–H groups in total. The summed E-state index contributed by atoms with van der Waals surface area (Å²) in [4.78, 5) is 0. The summed E-state index contributed by atoms with van der Waals surface area (Å²) in [7, 11) is 1.71. The van der Waals surface area contributed by atoms with E-state index in [0.29, 0.717) is 11.8 Å². The van der Waals surface area contributed by atoms with E-state index in [2.05, 4.69) is 19.2 Å². The van der Waals surface area contributed by atoms with E-state index >= 15 is 0 Å². The van der Waals surface area contributed by atoms with Gasteiger partial charge in [0.1, 0.15) is 0 Å². The Bertz CT molecular complexity index is 96.5. The van der Waals surface area contributed by atoms with Crippen molar-refractivity contribution in [3.63, 3.8) is 0 Å². The van der Waals surface area contributed by atoms with Crippen LogP contribution < -0.4 is 11.1 Å². The summed E-state index contributed by atoms with van der Waals surface area (Å²) in [6.45, 7) is 7.86. The fourth-order valence-corrected chi connectivity index (χ4v) is 1.05. The third-order valence-corrected chi connectivity index (χ3v) is 2.14.